The van der Waals surface area contributed by atoms with Crippen LogP contribution in [-0.4, -0.2) is 29.1 Å². The second kappa shape index (κ2) is 10.3. The van der Waals surface area contributed by atoms with Crippen molar-refractivity contribution in [1.29, 1.82) is 0 Å². The lowest BCUT2D eigenvalue weighted by molar-refractivity contribution is 0.112. The minimum absolute atomic E-state index is 0.0219. The Balaban J connectivity index is 2.03. The van der Waals surface area contributed by atoms with Crippen LogP contribution in [0.3, 0.4) is 0 Å². The highest BCUT2D eigenvalue weighted by atomic mass is 79.9. The first-order valence-electron chi connectivity index (χ1n) is 9.34. The Morgan fingerprint density at radius 1 is 1.19 bits per heavy atom. The molecule has 168 valence electrons. The van der Waals surface area contributed by atoms with Gasteiger partial charge in [0.2, 0.25) is 4.90 Å². The first kappa shape index (κ1) is 24.0. The fourth-order valence-electron chi connectivity index (χ4n) is 2.94. The summed E-state index contributed by atoms with van der Waals surface area (Å²) in [6.07, 6.45) is 0.516. The highest BCUT2D eigenvalue weighted by Crippen LogP contribution is 2.37. The first-order chi connectivity index (χ1) is 15.2. The summed E-state index contributed by atoms with van der Waals surface area (Å²) in [7, 11) is 0. The number of carbonyl (C=O) groups excluding carboxylic acids is 1. The Labute approximate surface area is 194 Å². The number of phenolic OH excluding ortho intramolecular Hbond substituents is 1. The van der Waals surface area contributed by atoms with E-state index in [1.54, 1.807) is 18.2 Å². The normalized spacial score (nSPS) is 11.8. The van der Waals surface area contributed by atoms with E-state index >= 15 is 0 Å². The molecule has 0 bridgehead atoms. The lowest BCUT2D eigenvalue weighted by Gasteiger charge is -2.17. The standard InChI is InChI=1S/C22H19BrF2N2O4S/c1-12-2-3-20(31-5-4-26)15(6-12)14-9-19(18(25)10-17(14)24)27-32(30)21-8-13(11-28)7-16(23)22(21)29/h2-3,6-11,27,29H,4-5,26H2,1H3. The van der Waals surface area contributed by atoms with Gasteiger partial charge >= 0.3 is 0 Å². The first-order valence-corrected chi connectivity index (χ1v) is 11.3. The Kier molecular flexibility index (Phi) is 7.73. The molecule has 10 heteroatoms. The lowest BCUT2D eigenvalue weighted by Crippen LogP contribution is -2.15. The van der Waals surface area contributed by atoms with E-state index in [4.69, 9.17) is 10.5 Å². The summed E-state index contributed by atoms with van der Waals surface area (Å²) in [6, 6.07) is 9.52. The minimum Gasteiger partial charge on any atom is -0.588 e. The number of hydrogen-bond acceptors (Lipinski definition) is 6. The third-order valence-electron chi connectivity index (χ3n) is 4.45. The van der Waals surface area contributed by atoms with E-state index in [1.807, 2.05) is 6.92 Å². The van der Waals surface area contributed by atoms with Gasteiger partial charge < -0.3 is 20.1 Å². The van der Waals surface area contributed by atoms with E-state index in [0.717, 1.165) is 5.56 Å². The summed E-state index contributed by atoms with van der Waals surface area (Å²) < 4.78 is 50.2. The van der Waals surface area contributed by atoms with Crippen molar-refractivity contribution in [2.75, 3.05) is 17.9 Å². The number of rotatable bonds is 8. The largest absolute Gasteiger partial charge is 0.588 e. The van der Waals surface area contributed by atoms with Gasteiger partial charge in [-0.25, -0.2) is 13.5 Å². The number of aldehydes is 1. The molecule has 1 atom stereocenters. The van der Waals surface area contributed by atoms with E-state index in [2.05, 4.69) is 20.7 Å². The van der Waals surface area contributed by atoms with Gasteiger partial charge in [-0.15, -0.1) is 0 Å². The molecule has 0 saturated heterocycles. The molecule has 0 heterocycles. The molecular formula is C22H19BrF2N2O4S. The number of anilines is 1. The summed E-state index contributed by atoms with van der Waals surface area (Å²) in [5.41, 5.74) is 6.59. The lowest BCUT2D eigenvalue weighted by atomic mass is 10.0. The smallest absolute Gasteiger partial charge is 0.223 e. The average Bonchev–Trinajstić information content (AvgIpc) is 2.76. The van der Waals surface area contributed by atoms with Crippen molar-refractivity contribution in [3.05, 3.63) is 69.7 Å². The number of benzene rings is 3. The Hall–Kier alpha value is -2.66. The van der Waals surface area contributed by atoms with Gasteiger partial charge in [-0.05, 0) is 47.1 Å². The fraction of sp³-hybridized carbons (Fsp3) is 0.136. The van der Waals surface area contributed by atoms with E-state index in [0.29, 0.717) is 23.7 Å². The van der Waals surface area contributed by atoms with Crippen molar-refractivity contribution in [1.82, 2.24) is 0 Å². The molecule has 0 fully saturated rings. The predicted octanol–water partition coefficient (Wildman–Crippen LogP) is 4.69. The van der Waals surface area contributed by atoms with Gasteiger partial charge in [-0.3, -0.25) is 4.79 Å². The van der Waals surface area contributed by atoms with Gasteiger partial charge in [-0.1, -0.05) is 11.6 Å². The van der Waals surface area contributed by atoms with Crippen molar-refractivity contribution in [3.8, 4) is 22.6 Å². The number of nitrogens with one attached hydrogen (secondary N) is 1. The molecule has 0 aliphatic rings. The molecule has 0 spiro atoms. The molecule has 4 N–H and O–H groups in total. The Bertz CT molecular complexity index is 1160. The zero-order valence-corrected chi connectivity index (χ0v) is 19.2. The fourth-order valence-corrected chi connectivity index (χ4v) is 4.54. The van der Waals surface area contributed by atoms with Gasteiger partial charge in [0.25, 0.3) is 0 Å². The number of halogens is 3. The van der Waals surface area contributed by atoms with Crippen LogP contribution in [0, 0.1) is 18.6 Å². The number of aromatic hydroxyl groups is 1. The number of hydrogen-bond donors (Lipinski definition) is 3. The molecule has 3 rings (SSSR count). The summed E-state index contributed by atoms with van der Waals surface area (Å²) in [4.78, 5) is 10.9. The maximum atomic E-state index is 14.7. The summed E-state index contributed by atoms with van der Waals surface area (Å²) >= 11 is 0.912. The van der Waals surface area contributed by atoms with Crippen molar-refractivity contribution in [2.24, 2.45) is 5.73 Å². The van der Waals surface area contributed by atoms with Crippen LogP contribution in [0.1, 0.15) is 15.9 Å². The summed E-state index contributed by atoms with van der Waals surface area (Å²) in [6.45, 7) is 2.27. The number of ether oxygens (including phenoxy) is 1. The molecule has 3 aromatic rings. The van der Waals surface area contributed by atoms with Crippen molar-refractivity contribution in [3.63, 3.8) is 0 Å². The van der Waals surface area contributed by atoms with E-state index in [1.165, 1.54) is 18.2 Å². The van der Waals surface area contributed by atoms with Crippen molar-refractivity contribution in [2.45, 2.75) is 11.8 Å². The number of carbonyl (C=O) groups is 1. The van der Waals surface area contributed by atoms with E-state index in [-0.39, 0.29) is 45.1 Å². The number of aryl methyl sites for hydroxylation is 1. The monoisotopic (exact) mass is 524 g/mol. The molecule has 0 saturated carbocycles. The molecule has 0 aliphatic carbocycles. The zero-order chi connectivity index (χ0) is 23.4. The summed E-state index contributed by atoms with van der Waals surface area (Å²) in [5.74, 6) is -1.84. The number of nitrogens with two attached hydrogens (primary N) is 1. The summed E-state index contributed by atoms with van der Waals surface area (Å²) in [5, 5.41) is 10.2. The maximum absolute atomic E-state index is 14.7. The van der Waals surface area contributed by atoms with Crippen molar-refractivity contribution < 1.29 is 28.0 Å². The second-order valence-corrected chi connectivity index (χ2v) is 8.82. The zero-order valence-electron chi connectivity index (χ0n) is 16.8. The van der Waals surface area contributed by atoms with Gasteiger partial charge in [-0.2, -0.15) is 0 Å². The highest BCUT2D eigenvalue weighted by Gasteiger charge is 2.24. The molecule has 0 aromatic heterocycles. The highest BCUT2D eigenvalue weighted by molar-refractivity contribution is 9.10. The molecule has 6 nitrogen and oxygen atoms in total. The Morgan fingerprint density at radius 3 is 2.62 bits per heavy atom. The van der Waals surface area contributed by atoms with Crippen molar-refractivity contribution >= 4 is 39.3 Å². The molecule has 0 aliphatic heterocycles. The minimum atomic E-state index is -2.16. The van der Waals surface area contributed by atoms with Crippen LogP contribution >= 0.6 is 15.9 Å². The van der Waals surface area contributed by atoms with Crippen LogP contribution in [0.25, 0.3) is 11.1 Å². The van der Waals surface area contributed by atoms with E-state index in [9.17, 15) is 23.2 Å². The van der Waals surface area contributed by atoms with Gasteiger partial charge in [0.1, 0.15) is 41.5 Å². The van der Waals surface area contributed by atoms with Gasteiger partial charge in [0, 0.05) is 35.4 Å². The SMILES string of the molecule is Cc1ccc(OCCN)c(-c2cc(N[S+]([O-])c3cc(C=O)cc(Br)c3O)c(F)cc2F)c1. The second-order valence-electron chi connectivity index (χ2n) is 6.79. The Morgan fingerprint density at radius 2 is 1.94 bits per heavy atom. The van der Waals surface area contributed by atoms with Crippen LogP contribution in [0.2, 0.25) is 0 Å². The number of phenols is 1. The molecule has 0 amide bonds. The topological polar surface area (TPSA) is 108 Å². The maximum Gasteiger partial charge on any atom is 0.223 e. The van der Waals surface area contributed by atoms with Crippen LogP contribution in [-0.2, 0) is 11.4 Å². The third-order valence-corrected chi connectivity index (χ3v) is 6.17. The molecular weight excluding hydrogens is 506 g/mol. The average molecular weight is 525 g/mol. The quantitative estimate of drug-likeness (QED) is 0.291. The third kappa shape index (κ3) is 5.21. The van der Waals surface area contributed by atoms with Crippen LogP contribution in [0.15, 0.2) is 51.8 Å². The predicted molar refractivity (Wildman–Crippen MR) is 122 cm³/mol. The molecule has 1 unspecified atom stereocenters. The van der Waals surface area contributed by atoms with Crippen LogP contribution in [0.5, 0.6) is 11.5 Å². The van der Waals surface area contributed by atoms with Gasteiger partial charge in [0.05, 0.1) is 4.47 Å². The molecule has 32 heavy (non-hydrogen) atoms. The van der Waals surface area contributed by atoms with Crippen LogP contribution < -0.4 is 15.2 Å². The molecule has 0 radical (unpaired) electrons. The van der Waals surface area contributed by atoms with E-state index < -0.39 is 23.0 Å². The van der Waals surface area contributed by atoms with Gasteiger partial charge in [0.15, 0.2) is 11.6 Å². The van der Waals surface area contributed by atoms with Crippen LogP contribution in [0.4, 0.5) is 14.5 Å². The molecule has 3 aromatic carbocycles.